The Bertz CT molecular complexity index is 350. The van der Waals surface area contributed by atoms with Gasteiger partial charge in [0.2, 0.25) is 18.1 Å². The van der Waals surface area contributed by atoms with Gasteiger partial charge in [-0.25, -0.2) is 0 Å². The van der Waals surface area contributed by atoms with Crippen molar-refractivity contribution in [3.63, 3.8) is 0 Å². The molecule has 2 amide bonds. The molecule has 2 atom stereocenters. The van der Waals surface area contributed by atoms with Crippen LogP contribution in [0.2, 0.25) is 0 Å². The molecule has 0 saturated heterocycles. The number of nitrogens with one attached hydrogen (secondary N) is 2. The van der Waals surface area contributed by atoms with Crippen LogP contribution in [-0.4, -0.2) is 53.6 Å². The van der Waals surface area contributed by atoms with Crippen molar-refractivity contribution in [2.45, 2.75) is 24.9 Å². The average molecular weight is 290 g/mol. The van der Waals surface area contributed by atoms with Crippen molar-refractivity contribution in [2.24, 2.45) is 5.73 Å². The smallest absolute Gasteiger partial charge is 0.320 e. The molecular formula is C10H16N3O5S. The number of hydrogen-bond donors (Lipinski definition) is 5. The molecule has 0 saturated carbocycles. The topological polar surface area (TPSA) is 139 Å². The van der Waals surface area contributed by atoms with Gasteiger partial charge in [0, 0.05) is 12.2 Å². The fraction of sp³-hybridized carbons (Fsp3) is 0.600. The van der Waals surface area contributed by atoms with Gasteiger partial charge in [-0.2, -0.15) is 12.6 Å². The fourth-order valence-corrected chi connectivity index (χ4v) is 1.37. The summed E-state index contributed by atoms with van der Waals surface area (Å²) >= 11 is 3.90. The Balaban J connectivity index is 4.16. The van der Waals surface area contributed by atoms with Crippen molar-refractivity contribution in [3.05, 3.63) is 0 Å². The van der Waals surface area contributed by atoms with Gasteiger partial charge in [0.25, 0.3) is 0 Å². The minimum atomic E-state index is -1.20. The van der Waals surface area contributed by atoms with Gasteiger partial charge in [0.15, 0.2) is 0 Å². The second kappa shape index (κ2) is 9.34. The summed E-state index contributed by atoms with van der Waals surface area (Å²) in [5.74, 6) is -2.23. The Labute approximate surface area is 115 Å². The highest BCUT2D eigenvalue weighted by atomic mass is 32.1. The minimum absolute atomic E-state index is 0.0375. The van der Waals surface area contributed by atoms with Crippen molar-refractivity contribution in [1.82, 2.24) is 10.6 Å². The standard InChI is InChI=1S/C10H16N3O5S/c11-6(10(17)18)1-2-8(15)13-7(5-19)9(16)12-3-4-14/h6-7,19H,1-3,5,11H2,(H,12,16)(H,13,15)(H,17,18)/t6-,7-/m0/s1. The molecule has 0 fully saturated rings. The number of carboxylic acids is 1. The van der Waals surface area contributed by atoms with Crippen LogP contribution in [0.1, 0.15) is 12.8 Å². The van der Waals surface area contributed by atoms with Crippen LogP contribution in [-0.2, 0) is 19.2 Å². The Morgan fingerprint density at radius 2 is 2.00 bits per heavy atom. The zero-order valence-electron chi connectivity index (χ0n) is 10.1. The molecule has 8 nitrogen and oxygen atoms in total. The first-order chi connectivity index (χ1) is 8.92. The second-order valence-electron chi connectivity index (χ2n) is 3.65. The van der Waals surface area contributed by atoms with Crippen molar-refractivity contribution in [1.29, 1.82) is 0 Å². The van der Waals surface area contributed by atoms with E-state index in [9.17, 15) is 19.2 Å². The highest BCUT2D eigenvalue weighted by Crippen LogP contribution is 1.97. The molecule has 0 aromatic rings. The molecule has 0 bridgehead atoms. The van der Waals surface area contributed by atoms with Gasteiger partial charge < -0.3 is 21.5 Å². The highest BCUT2D eigenvalue weighted by Gasteiger charge is 2.20. The summed E-state index contributed by atoms with van der Waals surface area (Å²) < 4.78 is 0. The van der Waals surface area contributed by atoms with E-state index in [1.54, 1.807) is 0 Å². The van der Waals surface area contributed by atoms with Crippen LogP contribution in [0.4, 0.5) is 0 Å². The number of carbonyl (C=O) groups excluding carboxylic acids is 3. The lowest BCUT2D eigenvalue weighted by Gasteiger charge is -2.15. The van der Waals surface area contributed by atoms with Crippen LogP contribution in [0.5, 0.6) is 0 Å². The largest absolute Gasteiger partial charge is 0.480 e. The number of carbonyl (C=O) groups is 3. The maximum absolute atomic E-state index is 11.5. The third-order valence-corrected chi connectivity index (χ3v) is 2.53. The number of hydrogen-bond acceptors (Lipinski definition) is 6. The van der Waals surface area contributed by atoms with Gasteiger partial charge in [-0.15, -0.1) is 0 Å². The van der Waals surface area contributed by atoms with Crippen molar-refractivity contribution >= 4 is 36.7 Å². The van der Waals surface area contributed by atoms with Crippen molar-refractivity contribution in [2.75, 3.05) is 12.3 Å². The van der Waals surface area contributed by atoms with E-state index in [-0.39, 0.29) is 25.1 Å². The molecule has 0 aliphatic rings. The summed E-state index contributed by atoms with van der Waals surface area (Å²) in [5.41, 5.74) is 5.24. The van der Waals surface area contributed by atoms with E-state index in [4.69, 9.17) is 10.8 Å². The zero-order valence-corrected chi connectivity index (χ0v) is 11.0. The van der Waals surface area contributed by atoms with Crippen molar-refractivity contribution in [3.8, 4) is 0 Å². The molecule has 0 rings (SSSR count). The number of rotatable bonds is 9. The van der Waals surface area contributed by atoms with Crippen LogP contribution in [0.15, 0.2) is 0 Å². The number of thiol groups is 1. The monoisotopic (exact) mass is 290 g/mol. The van der Waals surface area contributed by atoms with Crippen LogP contribution in [0.25, 0.3) is 0 Å². The van der Waals surface area contributed by atoms with Gasteiger partial charge in [-0.3, -0.25) is 19.2 Å². The van der Waals surface area contributed by atoms with E-state index >= 15 is 0 Å². The Kier molecular flexibility index (Phi) is 8.55. The van der Waals surface area contributed by atoms with E-state index in [0.717, 1.165) is 0 Å². The van der Waals surface area contributed by atoms with E-state index in [1.807, 2.05) is 0 Å². The van der Waals surface area contributed by atoms with Gasteiger partial charge in [-0.1, -0.05) is 0 Å². The van der Waals surface area contributed by atoms with Gasteiger partial charge >= 0.3 is 5.97 Å². The molecule has 0 aliphatic carbocycles. The lowest BCUT2D eigenvalue weighted by molar-refractivity contribution is -0.138. The minimum Gasteiger partial charge on any atom is -0.480 e. The molecular weight excluding hydrogens is 274 g/mol. The number of aliphatic carboxylic acids is 1. The fourth-order valence-electron chi connectivity index (χ4n) is 1.12. The molecule has 0 heterocycles. The quantitative estimate of drug-likeness (QED) is 0.306. The van der Waals surface area contributed by atoms with E-state index in [2.05, 4.69) is 23.3 Å². The first-order valence-electron chi connectivity index (χ1n) is 5.43. The lowest BCUT2D eigenvalue weighted by atomic mass is 10.1. The SMILES string of the molecule is N[C@@H](CCC(=O)N[C@@H](CS)C(=O)NC[C]=O)C(=O)O. The molecule has 107 valence electrons. The van der Waals surface area contributed by atoms with Gasteiger partial charge in [0.1, 0.15) is 12.1 Å². The molecule has 5 N–H and O–H groups in total. The Morgan fingerprint density at radius 1 is 1.37 bits per heavy atom. The van der Waals surface area contributed by atoms with Crippen LogP contribution < -0.4 is 16.4 Å². The third-order valence-electron chi connectivity index (χ3n) is 2.17. The first-order valence-corrected chi connectivity index (χ1v) is 6.07. The molecule has 0 unspecified atom stereocenters. The number of nitrogens with two attached hydrogens (primary N) is 1. The van der Waals surface area contributed by atoms with Crippen LogP contribution >= 0.6 is 12.6 Å². The number of amides is 2. The molecule has 0 aromatic carbocycles. The van der Waals surface area contributed by atoms with Crippen LogP contribution in [0, 0.1) is 0 Å². The van der Waals surface area contributed by atoms with Crippen molar-refractivity contribution < 1.29 is 24.3 Å². The third kappa shape index (κ3) is 7.42. The second-order valence-corrected chi connectivity index (χ2v) is 4.01. The summed E-state index contributed by atoms with van der Waals surface area (Å²) in [6.45, 7) is -0.275. The van der Waals surface area contributed by atoms with E-state index in [1.165, 1.54) is 6.29 Å². The summed E-state index contributed by atoms with van der Waals surface area (Å²) in [7, 11) is 0. The molecule has 19 heavy (non-hydrogen) atoms. The van der Waals surface area contributed by atoms with E-state index in [0.29, 0.717) is 0 Å². The summed E-state index contributed by atoms with van der Waals surface area (Å²) in [5, 5.41) is 13.1. The average Bonchev–Trinajstić information content (AvgIpc) is 2.38. The predicted octanol–water partition coefficient (Wildman–Crippen LogP) is -2.18. The molecule has 1 radical (unpaired) electrons. The zero-order chi connectivity index (χ0) is 14.8. The number of carboxylic acid groups (broad SMARTS) is 1. The summed E-state index contributed by atoms with van der Waals surface area (Å²) in [4.78, 5) is 43.3. The molecule has 9 heteroatoms. The summed E-state index contributed by atoms with van der Waals surface area (Å²) in [6, 6.07) is -2.02. The summed E-state index contributed by atoms with van der Waals surface area (Å²) in [6.07, 6.45) is 1.32. The normalized spacial score (nSPS) is 13.2. The molecule has 0 aromatic heterocycles. The maximum atomic E-state index is 11.5. The Morgan fingerprint density at radius 3 is 2.47 bits per heavy atom. The molecule has 0 spiro atoms. The lowest BCUT2D eigenvalue weighted by Crippen LogP contribution is -2.48. The van der Waals surface area contributed by atoms with Crippen LogP contribution in [0.3, 0.4) is 0 Å². The predicted molar refractivity (Wildman–Crippen MR) is 69.3 cm³/mol. The highest BCUT2D eigenvalue weighted by molar-refractivity contribution is 7.80. The molecule has 0 aliphatic heterocycles. The first kappa shape index (κ1) is 17.4. The van der Waals surface area contributed by atoms with E-state index < -0.39 is 29.9 Å². The Hall–Kier alpha value is -1.61. The van der Waals surface area contributed by atoms with Gasteiger partial charge in [-0.05, 0) is 6.42 Å². The van der Waals surface area contributed by atoms with Gasteiger partial charge in [0.05, 0.1) is 6.54 Å². The maximum Gasteiger partial charge on any atom is 0.320 e.